The molecule has 0 unspecified atom stereocenters. The van der Waals surface area contributed by atoms with Crippen molar-refractivity contribution in [3.8, 4) is 0 Å². The van der Waals surface area contributed by atoms with Crippen LogP contribution in [0.3, 0.4) is 0 Å². The number of esters is 1. The molecular formula is C15H26O2. The van der Waals surface area contributed by atoms with E-state index in [0.717, 1.165) is 32.1 Å². The molecule has 0 heterocycles. The van der Waals surface area contributed by atoms with Crippen LogP contribution in [0.1, 0.15) is 65.2 Å². The molecule has 0 saturated heterocycles. The molecule has 2 nitrogen and oxygen atoms in total. The van der Waals surface area contributed by atoms with E-state index in [2.05, 4.69) is 20.4 Å². The number of hydrogen-bond donors (Lipinski definition) is 0. The highest BCUT2D eigenvalue weighted by Crippen LogP contribution is 2.22. The quantitative estimate of drug-likeness (QED) is 0.511. The van der Waals surface area contributed by atoms with Crippen LogP contribution in [-0.4, -0.2) is 12.1 Å². The van der Waals surface area contributed by atoms with E-state index in [-0.39, 0.29) is 12.1 Å². The molecule has 0 aromatic rings. The van der Waals surface area contributed by atoms with Crippen LogP contribution in [-0.2, 0) is 9.53 Å². The van der Waals surface area contributed by atoms with E-state index in [1.54, 1.807) is 0 Å². The van der Waals surface area contributed by atoms with Crippen molar-refractivity contribution in [1.82, 2.24) is 0 Å². The summed E-state index contributed by atoms with van der Waals surface area (Å²) in [6.45, 7) is 8.24. The molecule has 2 heteroatoms. The molecule has 1 aliphatic rings. The minimum Gasteiger partial charge on any atom is -0.459 e. The van der Waals surface area contributed by atoms with Gasteiger partial charge in [0.25, 0.3) is 0 Å². The van der Waals surface area contributed by atoms with Gasteiger partial charge in [-0.15, -0.1) is 0 Å². The first kappa shape index (κ1) is 14.3. The first-order valence-electron chi connectivity index (χ1n) is 6.98. The highest BCUT2D eigenvalue weighted by Gasteiger charge is 2.18. The number of hydrogen-bond acceptors (Lipinski definition) is 2. The Morgan fingerprint density at radius 1 is 1.29 bits per heavy atom. The molecule has 0 aromatic heterocycles. The van der Waals surface area contributed by atoms with Crippen molar-refractivity contribution < 1.29 is 9.53 Å². The van der Waals surface area contributed by atoms with Crippen LogP contribution in [0, 0.1) is 5.92 Å². The predicted octanol–water partition coefficient (Wildman–Crippen LogP) is 4.24. The van der Waals surface area contributed by atoms with Crippen molar-refractivity contribution in [3.05, 3.63) is 12.2 Å². The topological polar surface area (TPSA) is 26.3 Å². The molecule has 1 rings (SSSR count). The second kappa shape index (κ2) is 7.52. The van der Waals surface area contributed by atoms with Gasteiger partial charge < -0.3 is 4.74 Å². The lowest BCUT2D eigenvalue weighted by molar-refractivity contribution is -0.145. The molecule has 1 saturated carbocycles. The second-order valence-corrected chi connectivity index (χ2v) is 5.55. The summed E-state index contributed by atoms with van der Waals surface area (Å²) in [4.78, 5) is 11.8. The first-order valence-corrected chi connectivity index (χ1v) is 6.98. The molecule has 0 aliphatic heterocycles. The van der Waals surface area contributed by atoms with E-state index < -0.39 is 0 Å². The standard InChI is InChI=1S/C15H26O2/c1-12(2)8-7-9-13(3)15(16)17-14-10-5-4-6-11-14/h12,14H,3-11H2,1-2H3. The van der Waals surface area contributed by atoms with Crippen molar-refractivity contribution in [1.29, 1.82) is 0 Å². The van der Waals surface area contributed by atoms with Gasteiger partial charge in [0.1, 0.15) is 6.10 Å². The summed E-state index contributed by atoms with van der Waals surface area (Å²) >= 11 is 0. The van der Waals surface area contributed by atoms with Crippen LogP contribution in [0.15, 0.2) is 12.2 Å². The van der Waals surface area contributed by atoms with E-state index in [1.165, 1.54) is 19.3 Å². The molecule has 17 heavy (non-hydrogen) atoms. The summed E-state index contributed by atoms with van der Waals surface area (Å²) in [5, 5.41) is 0. The predicted molar refractivity (Wildman–Crippen MR) is 70.8 cm³/mol. The van der Waals surface area contributed by atoms with Crippen molar-refractivity contribution in [3.63, 3.8) is 0 Å². The molecule has 0 bridgehead atoms. The third-order valence-corrected chi connectivity index (χ3v) is 3.37. The average Bonchev–Trinajstić information content (AvgIpc) is 2.29. The van der Waals surface area contributed by atoms with Crippen molar-refractivity contribution >= 4 is 5.97 Å². The molecule has 1 aliphatic carbocycles. The highest BCUT2D eigenvalue weighted by atomic mass is 16.5. The Bertz CT molecular complexity index is 250. The van der Waals surface area contributed by atoms with Gasteiger partial charge in [0.2, 0.25) is 0 Å². The largest absolute Gasteiger partial charge is 0.459 e. The molecule has 98 valence electrons. The van der Waals surface area contributed by atoms with Gasteiger partial charge in [-0.1, -0.05) is 33.3 Å². The molecule has 0 N–H and O–H groups in total. The van der Waals surface area contributed by atoms with Crippen LogP contribution < -0.4 is 0 Å². The van der Waals surface area contributed by atoms with Gasteiger partial charge in [0, 0.05) is 5.57 Å². The Hall–Kier alpha value is -0.790. The third-order valence-electron chi connectivity index (χ3n) is 3.37. The first-order chi connectivity index (χ1) is 8.09. The van der Waals surface area contributed by atoms with Gasteiger partial charge >= 0.3 is 5.97 Å². The molecule has 0 spiro atoms. The fourth-order valence-electron chi connectivity index (χ4n) is 2.24. The highest BCUT2D eigenvalue weighted by molar-refractivity contribution is 5.87. The maximum atomic E-state index is 11.8. The van der Waals surface area contributed by atoms with E-state index in [9.17, 15) is 4.79 Å². The van der Waals surface area contributed by atoms with Crippen molar-refractivity contribution in [2.75, 3.05) is 0 Å². The Morgan fingerprint density at radius 3 is 2.53 bits per heavy atom. The second-order valence-electron chi connectivity index (χ2n) is 5.55. The van der Waals surface area contributed by atoms with Gasteiger partial charge in [-0.25, -0.2) is 4.79 Å². The Morgan fingerprint density at radius 2 is 1.94 bits per heavy atom. The van der Waals surface area contributed by atoms with E-state index >= 15 is 0 Å². The summed E-state index contributed by atoms with van der Waals surface area (Å²) in [6, 6.07) is 0. The lowest BCUT2D eigenvalue weighted by Gasteiger charge is -2.22. The van der Waals surface area contributed by atoms with E-state index in [4.69, 9.17) is 4.74 Å². The summed E-state index contributed by atoms with van der Waals surface area (Å²) in [5.74, 6) is 0.526. The summed E-state index contributed by atoms with van der Waals surface area (Å²) in [7, 11) is 0. The smallest absolute Gasteiger partial charge is 0.333 e. The van der Waals surface area contributed by atoms with Crippen molar-refractivity contribution in [2.45, 2.75) is 71.3 Å². The number of rotatable bonds is 6. The zero-order valence-electron chi connectivity index (χ0n) is 11.3. The number of carbonyl (C=O) groups excluding carboxylic acids is 1. The summed E-state index contributed by atoms with van der Waals surface area (Å²) in [5.41, 5.74) is 0.649. The molecule has 0 aromatic carbocycles. The van der Waals surface area contributed by atoms with Gasteiger partial charge in [-0.3, -0.25) is 0 Å². The number of carbonyl (C=O) groups is 1. The molecule has 0 amide bonds. The number of ether oxygens (including phenoxy) is 1. The van der Waals surface area contributed by atoms with Crippen LogP contribution in [0.25, 0.3) is 0 Å². The van der Waals surface area contributed by atoms with E-state index in [1.807, 2.05) is 0 Å². The minimum atomic E-state index is -0.166. The SMILES string of the molecule is C=C(CCCC(C)C)C(=O)OC1CCCCC1. The molecule has 0 radical (unpaired) electrons. The van der Waals surface area contributed by atoms with Crippen molar-refractivity contribution in [2.24, 2.45) is 5.92 Å². The Kier molecular flexibility index (Phi) is 6.31. The van der Waals surface area contributed by atoms with Gasteiger partial charge in [-0.2, -0.15) is 0 Å². The lowest BCUT2D eigenvalue weighted by Crippen LogP contribution is -2.21. The van der Waals surface area contributed by atoms with E-state index in [0.29, 0.717) is 11.5 Å². The molecular weight excluding hydrogens is 212 g/mol. The van der Waals surface area contributed by atoms with Crippen LogP contribution in [0.4, 0.5) is 0 Å². The van der Waals surface area contributed by atoms with Gasteiger partial charge in [0.15, 0.2) is 0 Å². The molecule has 0 atom stereocenters. The normalized spacial score (nSPS) is 17.1. The van der Waals surface area contributed by atoms with Crippen LogP contribution >= 0.6 is 0 Å². The minimum absolute atomic E-state index is 0.151. The Labute approximate surface area is 105 Å². The van der Waals surface area contributed by atoms with Gasteiger partial charge in [-0.05, 0) is 44.4 Å². The fraction of sp³-hybridized carbons (Fsp3) is 0.800. The van der Waals surface area contributed by atoms with Crippen LogP contribution in [0.2, 0.25) is 0 Å². The Balaban J connectivity index is 2.19. The lowest BCUT2D eigenvalue weighted by atomic mass is 9.97. The maximum absolute atomic E-state index is 11.8. The molecule has 1 fully saturated rings. The monoisotopic (exact) mass is 238 g/mol. The zero-order valence-corrected chi connectivity index (χ0v) is 11.3. The maximum Gasteiger partial charge on any atom is 0.333 e. The summed E-state index contributed by atoms with van der Waals surface area (Å²) < 4.78 is 5.47. The summed E-state index contributed by atoms with van der Waals surface area (Å²) in [6.07, 6.45) is 8.85. The fourth-order valence-corrected chi connectivity index (χ4v) is 2.24. The van der Waals surface area contributed by atoms with Crippen LogP contribution in [0.5, 0.6) is 0 Å². The zero-order chi connectivity index (χ0) is 12.7. The average molecular weight is 238 g/mol. The third kappa shape index (κ3) is 5.90. The van der Waals surface area contributed by atoms with Gasteiger partial charge in [0.05, 0.1) is 0 Å².